The van der Waals surface area contributed by atoms with Crippen molar-refractivity contribution in [1.82, 2.24) is 0 Å². The largest absolute Gasteiger partial charge is 0.406 e. The number of aryl methyl sites for hydroxylation is 1. The Kier molecular flexibility index (Phi) is 26.3. The minimum Gasteiger partial charge on any atom is -0.406 e. The first-order valence-electron chi connectivity index (χ1n) is 23.6. The van der Waals surface area contributed by atoms with Gasteiger partial charge in [0.15, 0.2) is 0 Å². The van der Waals surface area contributed by atoms with E-state index < -0.39 is 8.07 Å². The lowest BCUT2D eigenvalue weighted by atomic mass is 10.0. The number of unbranched alkanes of at least 4 members (excludes halogenated alkanes) is 13. The molecule has 71 heavy (non-hydrogen) atoms. The Labute approximate surface area is 425 Å². The summed E-state index contributed by atoms with van der Waals surface area (Å²) in [6.45, 7) is 4.33. The summed E-state index contributed by atoms with van der Waals surface area (Å²) in [5.74, 6) is 76.5. The molecule has 0 radical (unpaired) electrons. The molecule has 4 rings (SSSR count). The first kappa shape index (κ1) is 53.9. The van der Waals surface area contributed by atoms with Crippen LogP contribution in [0.3, 0.4) is 0 Å². The quantitative estimate of drug-likeness (QED) is 0.0553. The highest BCUT2D eigenvalue weighted by atomic mass is 28.3. The SMILES string of the molecule is C#CC#CC#CC#CC#CC#CC#CC#CC#CC#CC#CC#CC#CC#CC#CC#COc1ccc([Si]2(CCCCCCCCCCCCCCCC)c3ccccc3-c3ccc(C=O)cc32)cc1C. The van der Waals surface area contributed by atoms with Gasteiger partial charge in [0, 0.05) is 136 Å². The fraction of sp³-hybridized carbons (Fsp3) is 0.250. The summed E-state index contributed by atoms with van der Waals surface area (Å²) in [5, 5.41) is 4.07. The summed E-state index contributed by atoms with van der Waals surface area (Å²) in [4.78, 5) is 12.1. The number of benzene rings is 3. The van der Waals surface area contributed by atoms with Gasteiger partial charge < -0.3 is 4.74 Å². The number of aldehydes is 1. The third kappa shape index (κ3) is 20.0. The molecule has 3 aromatic rings. The maximum atomic E-state index is 12.1. The first-order valence-corrected chi connectivity index (χ1v) is 25.8. The molecule has 0 saturated carbocycles. The van der Waals surface area contributed by atoms with Crippen molar-refractivity contribution in [1.29, 1.82) is 0 Å². The highest BCUT2D eigenvalue weighted by Gasteiger charge is 2.46. The van der Waals surface area contributed by atoms with Crippen LogP contribution in [0.5, 0.6) is 5.75 Å². The van der Waals surface area contributed by atoms with Crippen molar-refractivity contribution >= 4 is 29.9 Å². The van der Waals surface area contributed by atoms with Gasteiger partial charge in [0.1, 0.15) is 26.2 Å². The molecule has 0 aromatic heterocycles. The Bertz CT molecular complexity index is 3490. The van der Waals surface area contributed by atoms with Gasteiger partial charge in [-0.3, -0.25) is 4.79 Å². The Balaban J connectivity index is 1.28. The summed E-state index contributed by atoms with van der Waals surface area (Å²) in [5.41, 5.74) is 4.25. The molecule has 3 aromatic carbocycles. The van der Waals surface area contributed by atoms with Crippen LogP contribution in [0.2, 0.25) is 6.04 Å². The van der Waals surface area contributed by atoms with E-state index in [1.54, 1.807) is 0 Å². The van der Waals surface area contributed by atoms with Crippen molar-refractivity contribution in [2.75, 3.05) is 0 Å². The van der Waals surface area contributed by atoms with Gasteiger partial charge in [0.05, 0.1) is 0 Å². The van der Waals surface area contributed by atoms with E-state index in [-0.39, 0.29) is 0 Å². The molecule has 1 aliphatic heterocycles. The number of carbonyl (C=O) groups excluding carboxylic acids is 1. The van der Waals surface area contributed by atoms with Gasteiger partial charge in [0.2, 0.25) is 0 Å². The van der Waals surface area contributed by atoms with Crippen molar-refractivity contribution in [3.63, 3.8) is 0 Å². The predicted octanol–water partition coefficient (Wildman–Crippen LogP) is 8.76. The number of fused-ring (bicyclic) bond motifs is 3. The zero-order valence-electron chi connectivity index (χ0n) is 40.4. The maximum absolute atomic E-state index is 12.1. The lowest BCUT2D eigenvalue weighted by molar-refractivity contribution is 0.112. The molecule has 3 heteroatoms. The van der Waals surface area contributed by atoms with E-state index in [4.69, 9.17) is 11.2 Å². The molecule has 0 N–H and O–H groups in total. The summed E-state index contributed by atoms with van der Waals surface area (Å²) >= 11 is 0. The van der Waals surface area contributed by atoms with Crippen molar-refractivity contribution in [3.8, 4) is 207 Å². The second kappa shape index (κ2) is 34.6. The molecule has 0 fully saturated rings. The van der Waals surface area contributed by atoms with Gasteiger partial charge in [-0.25, -0.2) is 0 Å². The van der Waals surface area contributed by atoms with Crippen LogP contribution in [0.25, 0.3) is 11.1 Å². The molecule has 1 unspecified atom stereocenters. The number of ether oxygens (including phenoxy) is 1. The third-order valence-electron chi connectivity index (χ3n) is 10.9. The second-order valence-electron chi connectivity index (χ2n) is 15.7. The standard InChI is InChI=1S/C68H48O2Si/c1-4-6-8-10-12-14-16-18-20-21-22-23-24-25-26-27-28-29-30-31-32-33-34-35-36-38-40-42-44-48-56-70-66-55-53-63(58-61(66)3)71(57-49-45-43-41-39-37-19-17-15-13-11-9-7-5-2)67-51-47-46-50-64(67)65-54-52-62(60-69)59-68(65)71/h1,46-47,50-55,58-60H,5,7,9,11,13,15,17,19,37,39,41,43,45,49,57H2,2-3H3. The van der Waals surface area contributed by atoms with Gasteiger partial charge in [-0.1, -0.05) is 151 Å². The number of rotatable bonds is 18. The normalized spacial score (nSPS) is 10.5. The highest BCUT2D eigenvalue weighted by Crippen LogP contribution is 2.33. The second-order valence-corrected chi connectivity index (χ2v) is 19.6. The van der Waals surface area contributed by atoms with Crippen LogP contribution >= 0.6 is 0 Å². The molecular formula is C68H48O2Si. The topological polar surface area (TPSA) is 26.3 Å². The summed E-state index contributed by atoms with van der Waals surface area (Å²) in [6, 6.07) is 22.7. The van der Waals surface area contributed by atoms with Crippen LogP contribution in [0, 0.1) is 197 Å². The van der Waals surface area contributed by atoms with E-state index in [0.29, 0.717) is 5.75 Å². The Morgan fingerprint density at radius 3 is 1.30 bits per heavy atom. The van der Waals surface area contributed by atoms with E-state index in [1.165, 1.54) is 110 Å². The fourth-order valence-electron chi connectivity index (χ4n) is 7.78. The van der Waals surface area contributed by atoms with E-state index in [0.717, 1.165) is 29.9 Å². The molecular weight excluding hydrogens is 877 g/mol. The third-order valence-corrected chi connectivity index (χ3v) is 16.0. The molecule has 1 heterocycles. The van der Waals surface area contributed by atoms with E-state index >= 15 is 0 Å². The Morgan fingerprint density at radius 1 is 0.451 bits per heavy atom. The predicted molar refractivity (Wildman–Crippen MR) is 294 cm³/mol. The minimum absolute atomic E-state index is 0.673. The van der Waals surface area contributed by atoms with Crippen molar-refractivity contribution < 1.29 is 9.53 Å². The Hall–Kier alpha value is -9.69. The van der Waals surface area contributed by atoms with Crippen LogP contribution in [-0.4, -0.2) is 14.4 Å². The maximum Gasteiger partial charge on any atom is 0.150 e. The number of terminal acetylenes is 1. The molecule has 0 saturated heterocycles. The smallest absolute Gasteiger partial charge is 0.150 e. The van der Waals surface area contributed by atoms with Crippen molar-refractivity contribution in [2.45, 2.75) is 110 Å². The van der Waals surface area contributed by atoms with Crippen LogP contribution in [0.4, 0.5) is 0 Å². The fourth-order valence-corrected chi connectivity index (χ4v) is 13.3. The lowest BCUT2D eigenvalue weighted by Gasteiger charge is -2.31. The van der Waals surface area contributed by atoms with Gasteiger partial charge >= 0.3 is 0 Å². The van der Waals surface area contributed by atoms with Crippen LogP contribution in [-0.2, 0) is 0 Å². The molecule has 1 aliphatic rings. The number of hydrogen-bond acceptors (Lipinski definition) is 2. The van der Waals surface area contributed by atoms with Gasteiger partial charge in [-0.2, -0.15) is 0 Å². The highest BCUT2D eigenvalue weighted by molar-refractivity contribution is 7.14. The summed E-state index contributed by atoms with van der Waals surface area (Å²) in [6.07, 6.45) is 27.2. The molecule has 0 spiro atoms. The zero-order valence-corrected chi connectivity index (χ0v) is 41.4. The number of hydrogen-bond donors (Lipinski definition) is 0. The van der Waals surface area contributed by atoms with Crippen LogP contribution in [0.15, 0.2) is 60.7 Å². The van der Waals surface area contributed by atoms with Crippen molar-refractivity contribution in [2.24, 2.45) is 0 Å². The molecule has 1 atom stereocenters. The minimum atomic E-state index is -2.49. The van der Waals surface area contributed by atoms with E-state index in [2.05, 4.69) is 246 Å². The monoisotopic (exact) mass is 924 g/mol. The van der Waals surface area contributed by atoms with Gasteiger partial charge in [-0.15, -0.1) is 6.42 Å². The Morgan fingerprint density at radius 2 is 0.859 bits per heavy atom. The first-order chi connectivity index (χ1) is 35.2. The van der Waals surface area contributed by atoms with Gasteiger partial charge in [-0.05, 0) is 98.6 Å². The van der Waals surface area contributed by atoms with Gasteiger partial charge in [0.25, 0.3) is 0 Å². The lowest BCUT2D eigenvalue weighted by Crippen LogP contribution is -2.64. The molecule has 2 nitrogen and oxygen atoms in total. The number of carbonyl (C=O) groups is 1. The summed E-state index contributed by atoms with van der Waals surface area (Å²) in [7, 11) is -2.49. The molecule has 0 amide bonds. The van der Waals surface area contributed by atoms with E-state index in [9.17, 15) is 4.79 Å². The average Bonchev–Trinajstić information content (AvgIpc) is 3.67. The summed E-state index contributed by atoms with van der Waals surface area (Å²) < 4.78 is 5.87. The molecule has 0 aliphatic carbocycles. The average molecular weight is 925 g/mol. The molecule has 0 bridgehead atoms. The zero-order chi connectivity index (χ0) is 50.1. The van der Waals surface area contributed by atoms with Crippen molar-refractivity contribution in [3.05, 3.63) is 71.8 Å². The van der Waals surface area contributed by atoms with Crippen LogP contribution < -0.4 is 20.3 Å². The van der Waals surface area contributed by atoms with E-state index in [1.807, 2.05) is 12.1 Å². The molecule has 336 valence electrons. The van der Waals surface area contributed by atoms with Crippen LogP contribution in [0.1, 0.15) is 113 Å².